The van der Waals surface area contributed by atoms with E-state index in [4.69, 9.17) is 4.89 Å². The van der Waals surface area contributed by atoms with Gasteiger partial charge in [-0.25, -0.2) is 9.78 Å². The van der Waals surface area contributed by atoms with E-state index in [1.165, 1.54) is 22.0 Å². The quantitative estimate of drug-likeness (QED) is 0.471. The maximum Gasteiger partial charge on any atom is 0.332 e. The van der Waals surface area contributed by atoms with Crippen LogP contribution in [0.15, 0.2) is 15.9 Å². The van der Waals surface area contributed by atoms with E-state index in [-0.39, 0.29) is 24.4 Å². The van der Waals surface area contributed by atoms with E-state index < -0.39 is 8.25 Å². The monoisotopic (exact) mass is 416 g/mol. The lowest BCUT2D eigenvalue weighted by molar-refractivity contribution is 0.272. The highest BCUT2D eigenvalue weighted by atomic mass is 31.1. The summed E-state index contributed by atoms with van der Waals surface area (Å²) in [7, 11) is -2.93. The second-order valence-electron chi connectivity index (χ2n) is 6.42. The van der Waals surface area contributed by atoms with Crippen molar-refractivity contribution in [3.05, 3.63) is 27.2 Å². The number of hydrogen-bond acceptors (Lipinski definition) is 5. The fourth-order valence-electron chi connectivity index (χ4n) is 2.66. The van der Waals surface area contributed by atoms with E-state index >= 15 is 0 Å². The minimum Gasteiger partial charge on any atom is -0.326 e. The molecule has 0 fully saturated rings. The molecule has 1 unspecified atom stereocenters. The molecule has 2 rings (SSSR count). The zero-order valence-electron chi connectivity index (χ0n) is 17.3. The summed E-state index contributed by atoms with van der Waals surface area (Å²) in [5.41, 5.74) is 0.130. The van der Waals surface area contributed by atoms with Gasteiger partial charge in [-0.15, -0.1) is 0 Å². The van der Waals surface area contributed by atoms with Crippen molar-refractivity contribution in [3.63, 3.8) is 0 Å². The number of rotatable bonds is 10. The van der Waals surface area contributed by atoms with E-state index in [2.05, 4.69) is 23.4 Å². The van der Waals surface area contributed by atoms with Crippen molar-refractivity contribution in [2.45, 2.75) is 79.4 Å². The zero-order valence-corrected chi connectivity index (χ0v) is 18.3. The third-order valence-electron chi connectivity index (χ3n) is 4.27. The molecule has 28 heavy (non-hydrogen) atoms. The molecule has 0 radical (unpaired) electrons. The van der Waals surface area contributed by atoms with E-state index in [0.29, 0.717) is 37.1 Å². The van der Waals surface area contributed by atoms with Crippen molar-refractivity contribution in [1.82, 2.24) is 18.7 Å². The van der Waals surface area contributed by atoms with Gasteiger partial charge in [0.1, 0.15) is 0 Å². The number of aryl methyl sites for hydroxylation is 2. The highest BCUT2D eigenvalue weighted by Crippen LogP contribution is 2.14. The van der Waals surface area contributed by atoms with Crippen molar-refractivity contribution >= 4 is 19.4 Å². The average Bonchev–Trinajstić information content (AvgIpc) is 3.08. The smallest absolute Gasteiger partial charge is 0.326 e. The number of hydrogen-bond donors (Lipinski definition) is 1. The standard InChI is InChI=1S/C14H23N4O5P.C4H10/c1-3-7-16-10-15-12-11(16)13(19)18(14(20)17(12)4-2)8-5-6-9-23-24(21)22;1-3-4-2/h10,24H,3-9H2,1-2H3,(H,21,22);3-4H2,1-2H3. The second-order valence-corrected chi connectivity index (χ2v) is 7.24. The van der Waals surface area contributed by atoms with E-state index in [9.17, 15) is 14.2 Å². The first-order valence-corrected chi connectivity index (χ1v) is 11.2. The van der Waals surface area contributed by atoms with Gasteiger partial charge in [-0.3, -0.25) is 18.5 Å². The molecule has 0 aliphatic carbocycles. The zero-order chi connectivity index (χ0) is 21.1. The highest BCUT2D eigenvalue weighted by molar-refractivity contribution is 7.32. The largest absolute Gasteiger partial charge is 0.332 e. The van der Waals surface area contributed by atoms with Gasteiger partial charge in [0.15, 0.2) is 11.2 Å². The van der Waals surface area contributed by atoms with Crippen LogP contribution in [0.5, 0.6) is 0 Å². The predicted molar refractivity (Wildman–Crippen MR) is 111 cm³/mol. The van der Waals surface area contributed by atoms with Crippen LogP contribution in [0, 0.1) is 0 Å². The molecular weight excluding hydrogens is 383 g/mol. The Hall–Kier alpha value is -1.70. The fourth-order valence-corrected chi connectivity index (χ4v) is 2.98. The van der Waals surface area contributed by atoms with Gasteiger partial charge < -0.3 is 14.0 Å². The van der Waals surface area contributed by atoms with Crippen LogP contribution in [0.3, 0.4) is 0 Å². The average molecular weight is 416 g/mol. The van der Waals surface area contributed by atoms with Crippen LogP contribution in [0.25, 0.3) is 11.2 Å². The van der Waals surface area contributed by atoms with E-state index in [0.717, 1.165) is 6.42 Å². The Labute approximate surface area is 165 Å². The molecule has 0 bridgehead atoms. The normalized spacial score (nSPS) is 12.0. The number of unbranched alkanes of at least 4 members (excludes halogenated alkanes) is 2. The Morgan fingerprint density at radius 1 is 1.04 bits per heavy atom. The third kappa shape index (κ3) is 6.43. The Bertz CT molecular complexity index is 869. The summed E-state index contributed by atoms with van der Waals surface area (Å²) < 4.78 is 19.6. The van der Waals surface area contributed by atoms with Gasteiger partial charge in [0.2, 0.25) is 0 Å². The van der Waals surface area contributed by atoms with Crippen molar-refractivity contribution in [3.8, 4) is 0 Å². The van der Waals surface area contributed by atoms with Crippen molar-refractivity contribution in [2.75, 3.05) is 6.61 Å². The van der Waals surface area contributed by atoms with Crippen molar-refractivity contribution in [1.29, 1.82) is 0 Å². The number of fused-ring (bicyclic) bond motifs is 1. The summed E-state index contributed by atoms with van der Waals surface area (Å²) in [6.07, 6.45) is 6.08. The molecule has 0 aromatic carbocycles. The molecule has 160 valence electrons. The molecule has 2 aromatic heterocycles. The number of aromatic nitrogens is 4. The minimum atomic E-state index is -2.93. The SMILES string of the molecule is CCCC.CCCn1cnc2c1c(=O)n(CCCCO[PH](=O)O)c(=O)n2CC. The lowest BCUT2D eigenvalue weighted by atomic mass is 10.3. The molecule has 2 heterocycles. The molecule has 0 aliphatic heterocycles. The van der Waals surface area contributed by atoms with Gasteiger partial charge in [-0.2, -0.15) is 0 Å². The first-order valence-electron chi connectivity index (χ1n) is 9.96. The van der Waals surface area contributed by atoms with E-state index in [1.54, 1.807) is 10.9 Å². The van der Waals surface area contributed by atoms with Crippen LogP contribution in [0.2, 0.25) is 0 Å². The van der Waals surface area contributed by atoms with Crippen molar-refractivity contribution in [2.24, 2.45) is 0 Å². The molecule has 0 spiro atoms. The van der Waals surface area contributed by atoms with Crippen LogP contribution in [0.4, 0.5) is 0 Å². The second kappa shape index (κ2) is 12.7. The summed E-state index contributed by atoms with van der Waals surface area (Å²) in [5, 5.41) is 0. The summed E-state index contributed by atoms with van der Waals surface area (Å²) in [4.78, 5) is 38.1. The molecule has 9 nitrogen and oxygen atoms in total. The predicted octanol–water partition coefficient (Wildman–Crippen LogP) is 2.77. The Balaban J connectivity index is 0.000000892. The van der Waals surface area contributed by atoms with Crippen molar-refractivity contribution < 1.29 is 14.0 Å². The Morgan fingerprint density at radius 2 is 1.71 bits per heavy atom. The van der Waals surface area contributed by atoms with Crippen LogP contribution < -0.4 is 11.2 Å². The molecule has 1 N–H and O–H groups in total. The lowest BCUT2D eigenvalue weighted by Gasteiger charge is -2.11. The summed E-state index contributed by atoms with van der Waals surface area (Å²) in [5.74, 6) is 0. The summed E-state index contributed by atoms with van der Waals surface area (Å²) >= 11 is 0. The van der Waals surface area contributed by atoms with Gasteiger partial charge in [0.05, 0.1) is 12.9 Å². The van der Waals surface area contributed by atoms with Gasteiger partial charge in [0.25, 0.3) is 5.56 Å². The van der Waals surface area contributed by atoms with Crippen LogP contribution in [-0.4, -0.2) is 30.2 Å². The molecular formula is C18H33N4O5P. The molecule has 2 aromatic rings. The van der Waals surface area contributed by atoms with Gasteiger partial charge in [-0.05, 0) is 26.2 Å². The third-order valence-corrected chi connectivity index (χ3v) is 4.72. The minimum absolute atomic E-state index is 0.126. The van der Waals surface area contributed by atoms with Crippen LogP contribution >= 0.6 is 8.25 Å². The number of imidazole rings is 1. The fraction of sp³-hybridized carbons (Fsp3) is 0.722. The first-order chi connectivity index (χ1) is 13.4. The number of nitrogens with zero attached hydrogens (tertiary/aromatic N) is 4. The topological polar surface area (TPSA) is 108 Å². The molecule has 0 saturated heterocycles. The van der Waals surface area contributed by atoms with Gasteiger partial charge in [-0.1, -0.05) is 33.6 Å². The Kier molecular flexibility index (Phi) is 11.0. The van der Waals surface area contributed by atoms with Gasteiger partial charge in [0, 0.05) is 19.6 Å². The maximum absolute atomic E-state index is 12.7. The molecule has 1 atom stereocenters. The first kappa shape index (κ1) is 24.3. The summed E-state index contributed by atoms with van der Waals surface area (Å²) in [6, 6.07) is 0. The molecule has 0 amide bonds. The molecule has 10 heteroatoms. The van der Waals surface area contributed by atoms with Crippen LogP contribution in [0.1, 0.15) is 59.8 Å². The van der Waals surface area contributed by atoms with Gasteiger partial charge >= 0.3 is 13.9 Å². The van der Waals surface area contributed by atoms with Crippen LogP contribution in [-0.2, 0) is 28.7 Å². The van der Waals surface area contributed by atoms with E-state index in [1.807, 2.05) is 13.8 Å². The molecule has 0 aliphatic rings. The lowest BCUT2D eigenvalue weighted by Crippen LogP contribution is -2.40. The Morgan fingerprint density at radius 3 is 2.25 bits per heavy atom. The summed E-state index contributed by atoms with van der Waals surface area (Å²) in [6.45, 7) is 9.65. The highest BCUT2D eigenvalue weighted by Gasteiger charge is 2.16. The molecule has 0 saturated carbocycles. The maximum atomic E-state index is 12.7.